The summed E-state index contributed by atoms with van der Waals surface area (Å²) in [4.78, 5) is 20.0. The van der Waals surface area contributed by atoms with Crippen LogP contribution in [0.2, 0.25) is 0 Å². The molecule has 172 valence electrons. The van der Waals surface area contributed by atoms with Crippen molar-refractivity contribution in [3.63, 3.8) is 0 Å². The van der Waals surface area contributed by atoms with Crippen molar-refractivity contribution in [3.05, 3.63) is 59.7 Å². The van der Waals surface area contributed by atoms with E-state index in [1.807, 2.05) is 17.0 Å². The second-order valence-corrected chi connectivity index (χ2v) is 8.74. The number of benzene rings is 2. The second-order valence-electron chi connectivity index (χ2n) is 8.74. The van der Waals surface area contributed by atoms with Gasteiger partial charge in [-0.05, 0) is 37.9 Å². The van der Waals surface area contributed by atoms with E-state index in [-0.39, 0.29) is 11.9 Å². The largest absolute Gasteiger partial charge is 0.497 e. The van der Waals surface area contributed by atoms with Crippen LogP contribution in [-0.2, 0) is 4.79 Å². The molecule has 0 radical (unpaired) electrons. The van der Waals surface area contributed by atoms with Gasteiger partial charge in [-0.3, -0.25) is 14.6 Å². The monoisotopic (exact) mass is 437 g/mol. The predicted octanol–water partition coefficient (Wildman–Crippen LogP) is 3.75. The highest BCUT2D eigenvalue weighted by Gasteiger charge is 2.32. The average molecular weight is 438 g/mol. The first-order valence-corrected chi connectivity index (χ1v) is 11.6. The summed E-state index contributed by atoms with van der Waals surface area (Å²) in [6.07, 6.45) is 2.13. The van der Waals surface area contributed by atoms with Crippen LogP contribution >= 0.6 is 0 Å². The third-order valence-electron chi connectivity index (χ3n) is 7.00. The van der Waals surface area contributed by atoms with Gasteiger partial charge < -0.3 is 14.4 Å². The summed E-state index contributed by atoms with van der Waals surface area (Å²) < 4.78 is 11.0. The quantitative estimate of drug-likeness (QED) is 0.660. The van der Waals surface area contributed by atoms with Crippen LogP contribution in [0.4, 0.5) is 0 Å². The van der Waals surface area contributed by atoms with Crippen molar-refractivity contribution in [1.29, 1.82) is 0 Å². The van der Waals surface area contributed by atoms with Crippen molar-refractivity contribution >= 4 is 5.91 Å². The number of ether oxygens (including phenoxy) is 2. The molecular weight excluding hydrogens is 402 g/mol. The van der Waals surface area contributed by atoms with E-state index in [0.717, 1.165) is 62.6 Å². The van der Waals surface area contributed by atoms with Gasteiger partial charge in [-0.1, -0.05) is 36.4 Å². The number of piperazine rings is 1. The van der Waals surface area contributed by atoms with Gasteiger partial charge in [0.25, 0.3) is 0 Å². The molecule has 2 fully saturated rings. The van der Waals surface area contributed by atoms with E-state index in [9.17, 15) is 4.79 Å². The number of methoxy groups -OCH3 is 2. The van der Waals surface area contributed by atoms with Crippen molar-refractivity contribution < 1.29 is 14.3 Å². The van der Waals surface area contributed by atoms with Crippen LogP contribution in [0.1, 0.15) is 43.0 Å². The minimum absolute atomic E-state index is 0.208. The molecule has 0 N–H and O–H groups in total. The summed E-state index contributed by atoms with van der Waals surface area (Å²) in [5.41, 5.74) is 2.47. The molecule has 0 bridgehead atoms. The standard InChI is InChI=1S/C26H35N3O3/c1-20(21-8-5-4-6-9-21)27-14-16-28(17-15-27)26(30)19-29-13-7-10-24(29)23-12-11-22(31-2)18-25(23)32-3/h4-6,8-9,11-12,18,20,24H,7,10,13-17,19H2,1-3H3/t20-,24-/m0/s1. The summed E-state index contributed by atoms with van der Waals surface area (Å²) in [6.45, 7) is 7.07. The molecule has 4 rings (SSSR count). The SMILES string of the molecule is COc1ccc([C@@H]2CCCN2CC(=O)N2CCN([C@@H](C)c3ccccc3)CC2)c(OC)c1. The predicted molar refractivity (Wildman–Crippen MR) is 126 cm³/mol. The van der Waals surface area contributed by atoms with Gasteiger partial charge in [0.15, 0.2) is 0 Å². The lowest BCUT2D eigenvalue weighted by atomic mass is 10.0. The second kappa shape index (κ2) is 10.4. The molecule has 1 amide bonds. The number of likely N-dealkylation sites (tertiary alicyclic amines) is 1. The van der Waals surface area contributed by atoms with Gasteiger partial charge in [-0.25, -0.2) is 0 Å². The summed E-state index contributed by atoms with van der Waals surface area (Å²) in [6, 6.07) is 17.2. The normalized spacial score (nSPS) is 20.8. The third kappa shape index (κ3) is 4.92. The molecule has 6 nitrogen and oxygen atoms in total. The fraction of sp³-hybridized carbons (Fsp3) is 0.500. The minimum Gasteiger partial charge on any atom is -0.497 e. The van der Waals surface area contributed by atoms with Gasteiger partial charge in [0, 0.05) is 49.9 Å². The molecule has 2 aliphatic heterocycles. The van der Waals surface area contributed by atoms with E-state index in [1.54, 1.807) is 14.2 Å². The van der Waals surface area contributed by atoms with Crippen LogP contribution in [0.3, 0.4) is 0 Å². The van der Waals surface area contributed by atoms with Crippen LogP contribution in [0.25, 0.3) is 0 Å². The maximum atomic E-state index is 13.1. The Hall–Kier alpha value is -2.57. The van der Waals surface area contributed by atoms with Crippen LogP contribution in [0.5, 0.6) is 11.5 Å². The zero-order valence-electron chi connectivity index (χ0n) is 19.5. The molecule has 2 aromatic carbocycles. The summed E-state index contributed by atoms with van der Waals surface area (Å²) in [5, 5.41) is 0. The Labute approximate surface area is 191 Å². The highest BCUT2D eigenvalue weighted by atomic mass is 16.5. The number of carbonyl (C=O) groups is 1. The lowest BCUT2D eigenvalue weighted by molar-refractivity contribution is -0.134. The summed E-state index contributed by atoms with van der Waals surface area (Å²) in [5.74, 6) is 1.85. The van der Waals surface area contributed by atoms with Crippen molar-refractivity contribution in [2.75, 3.05) is 53.5 Å². The molecule has 2 aliphatic rings. The van der Waals surface area contributed by atoms with E-state index < -0.39 is 0 Å². The van der Waals surface area contributed by atoms with Gasteiger partial charge in [-0.2, -0.15) is 0 Å². The van der Waals surface area contributed by atoms with Gasteiger partial charge in [0.2, 0.25) is 5.91 Å². The maximum absolute atomic E-state index is 13.1. The minimum atomic E-state index is 0.208. The van der Waals surface area contributed by atoms with Crippen LogP contribution in [0, 0.1) is 0 Å². The topological polar surface area (TPSA) is 45.2 Å². The van der Waals surface area contributed by atoms with Crippen molar-refractivity contribution in [1.82, 2.24) is 14.7 Å². The van der Waals surface area contributed by atoms with Crippen LogP contribution < -0.4 is 9.47 Å². The molecule has 32 heavy (non-hydrogen) atoms. The number of nitrogens with zero attached hydrogens (tertiary/aromatic N) is 3. The molecule has 0 saturated carbocycles. The zero-order valence-corrected chi connectivity index (χ0v) is 19.5. The van der Waals surface area contributed by atoms with Crippen molar-refractivity contribution in [3.8, 4) is 11.5 Å². The zero-order chi connectivity index (χ0) is 22.5. The fourth-order valence-corrected chi connectivity index (χ4v) is 5.04. The molecule has 2 heterocycles. The number of rotatable bonds is 7. The fourth-order valence-electron chi connectivity index (χ4n) is 5.04. The van der Waals surface area contributed by atoms with Crippen LogP contribution in [0.15, 0.2) is 48.5 Å². The Bertz CT molecular complexity index is 896. The van der Waals surface area contributed by atoms with Crippen LogP contribution in [-0.4, -0.2) is 74.1 Å². The first-order chi connectivity index (χ1) is 15.6. The highest BCUT2D eigenvalue weighted by Crippen LogP contribution is 2.38. The lowest BCUT2D eigenvalue weighted by Gasteiger charge is -2.39. The van der Waals surface area contributed by atoms with Gasteiger partial charge in [-0.15, -0.1) is 0 Å². The lowest BCUT2D eigenvalue weighted by Crippen LogP contribution is -2.51. The number of carbonyl (C=O) groups excluding carboxylic acids is 1. The maximum Gasteiger partial charge on any atom is 0.236 e. The van der Waals surface area contributed by atoms with E-state index >= 15 is 0 Å². The first-order valence-electron chi connectivity index (χ1n) is 11.6. The molecule has 0 aromatic heterocycles. The molecule has 0 spiro atoms. The molecule has 2 aromatic rings. The average Bonchev–Trinajstić information content (AvgIpc) is 3.31. The van der Waals surface area contributed by atoms with Gasteiger partial charge in [0.05, 0.1) is 20.8 Å². The van der Waals surface area contributed by atoms with Gasteiger partial charge in [0.1, 0.15) is 11.5 Å². The molecule has 0 aliphatic carbocycles. The molecule has 2 saturated heterocycles. The Kier molecular flexibility index (Phi) is 7.33. The van der Waals surface area contributed by atoms with E-state index in [4.69, 9.17) is 9.47 Å². The number of hydrogen-bond acceptors (Lipinski definition) is 5. The summed E-state index contributed by atoms with van der Waals surface area (Å²) >= 11 is 0. The van der Waals surface area contributed by atoms with Crippen molar-refractivity contribution in [2.24, 2.45) is 0 Å². The Balaban J connectivity index is 1.35. The highest BCUT2D eigenvalue weighted by molar-refractivity contribution is 5.78. The van der Waals surface area contributed by atoms with Gasteiger partial charge >= 0.3 is 0 Å². The van der Waals surface area contributed by atoms with Crippen molar-refractivity contribution in [2.45, 2.75) is 31.8 Å². The summed E-state index contributed by atoms with van der Waals surface area (Å²) in [7, 11) is 3.36. The van der Waals surface area contributed by atoms with E-state index in [2.05, 4.69) is 53.1 Å². The third-order valence-corrected chi connectivity index (χ3v) is 7.00. The Morgan fingerprint density at radius 1 is 1.00 bits per heavy atom. The number of amides is 1. The Morgan fingerprint density at radius 2 is 1.75 bits per heavy atom. The van der Waals surface area contributed by atoms with E-state index in [1.165, 1.54) is 5.56 Å². The van der Waals surface area contributed by atoms with E-state index in [0.29, 0.717) is 12.6 Å². The molecule has 2 atom stereocenters. The molecule has 6 heteroatoms. The Morgan fingerprint density at radius 3 is 2.44 bits per heavy atom. The smallest absolute Gasteiger partial charge is 0.236 e. The molecule has 0 unspecified atom stereocenters. The first kappa shape index (κ1) is 22.6. The molecular formula is C26H35N3O3. The number of hydrogen-bond donors (Lipinski definition) is 0.